The number of likely N-dealkylation sites (tertiary alicyclic amines) is 1. The molecule has 0 bridgehead atoms. The van der Waals surface area contributed by atoms with E-state index in [2.05, 4.69) is 10.1 Å². The number of amides is 1. The maximum Gasteiger partial charge on any atom is 0.254 e. The van der Waals surface area contributed by atoms with Gasteiger partial charge >= 0.3 is 0 Å². The van der Waals surface area contributed by atoms with Gasteiger partial charge in [-0.15, -0.1) is 0 Å². The van der Waals surface area contributed by atoms with Gasteiger partial charge in [0.15, 0.2) is 0 Å². The minimum atomic E-state index is 0.0596. The first kappa shape index (κ1) is 17.4. The van der Waals surface area contributed by atoms with Gasteiger partial charge in [0.25, 0.3) is 5.91 Å². The highest BCUT2D eigenvalue weighted by Crippen LogP contribution is 2.32. The number of aryl methyl sites for hydroxylation is 2. The molecule has 27 heavy (non-hydrogen) atoms. The van der Waals surface area contributed by atoms with Crippen LogP contribution in [0.15, 0.2) is 47.1 Å². The summed E-state index contributed by atoms with van der Waals surface area (Å²) in [5, 5.41) is 3.93. The lowest BCUT2D eigenvalue weighted by atomic mass is 10.1. The molecule has 1 aliphatic heterocycles. The highest BCUT2D eigenvalue weighted by atomic mass is 16.5. The van der Waals surface area contributed by atoms with Gasteiger partial charge in [0.1, 0.15) is 18.1 Å². The standard InChI is InChI=1S/C21H23N3O3/c1-14-18(15(2)27-23-14)13-26-17-9-7-16(8-10-17)21(25)24-12-4-6-20(24)19-5-3-11-22-19/h3,5,7-11,20,22H,4,6,12-13H2,1-2H3/t20-/m1/s1. The number of aromatic nitrogens is 2. The third-order valence-corrected chi connectivity index (χ3v) is 5.16. The predicted molar refractivity (Wildman–Crippen MR) is 101 cm³/mol. The van der Waals surface area contributed by atoms with E-state index in [1.165, 1.54) is 0 Å². The number of H-pyrrole nitrogens is 1. The van der Waals surface area contributed by atoms with E-state index in [1.807, 2.05) is 61.3 Å². The number of benzene rings is 1. The van der Waals surface area contributed by atoms with Crippen molar-refractivity contribution in [3.63, 3.8) is 0 Å². The SMILES string of the molecule is Cc1noc(C)c1COc1ccc(C(=O)N2CCC[C@@H]2c2ccc[nH]2)cc1. The van der Waals surface area contributed by atoms with Crippen LogP contribution in [-0.2, 0) is 6.61 Å². The van der Waals surface area contributed by atoms with E-state index < -0.39 is 0 Å². The van der Waals surface area contributed by atoms with Crippen LogP contribution < -0.4 is 4.74 Å². The number of nitrogens with zero attached hydrogens (tertiary/aromatic N) is 2. The number of hydrogen-bond donors (Lipinski definition) is 1. The van der Waals surface area contributed by atoms with Crippen LogP contribution >= 0.6 is 0 Å². The average molecular weight is 365 g/mol. The van der Waals surface area contributed by atoms with Gasteiger partial charge in [-0.05, 0) is 63.1 Å². The lowest BCUT2D eigenvalue weighted by Crippen LogP contribution is -2.30. The molecule has 1 aliphatic rings. The third kappa shape index (κ3) is 3.47. The summed E-state index contributed by atoms with van der Waals surface area (Å²) in [7, 11) is 0. The van der Waals surface area contributed by atoms with Crippen LogP contribution in [0.2, 0.25) is 0 Å². The molecule has 0 unspecified atom stereocenters. The van der Waals surface area contributed by atoms with E-state index in [9.17, 15) is 4.79 Å². The summed E-state index contributed by atoms with van der Waals surface area (Å²) < 4.78 is 11.0. The van der Waals surface area contributed by atoms with Gasteiger partial charge in [-0.3, -0.25) is 4.79 Å². The van der Waals surface area contributed by atoms with Crippen LogP contribution in [0.5, 0.6) is 5.75 Å². The largest absolute Gasteiger partial charge is 0.489 e. The quantitative estimate of drug-likeness (QED) is 0.736. The minimum absolute atomic E-state index is 0.0596. The van der Waals surface area contributed by atoms with Crippen molar-refractivity contribution < 1.29 is 14.1 Å². The number of carbonyl (C=O) groups excluding carboxylic acids is 1. The summed E-state index contributed by atoms with van der Waals surface area (Å²) in [5.41, 5.74) is 3.57. The lowest BCUT2D eigenvalue weighted by molar-refractivity contribution is 0.0733. The Morgan fingerprint density at radius 1 is 1.30 bits per heavy atom. The van der Waals surface area contributed by atoms with Gasteiger partial charge in [-0.1, -0.05) is 5.16 Å². The fourth-order valence-electron chi connectivity index (χ4n) is 3.61. The molecule has 6 nitrogen and oxygen atoms in total. The average Bonchev–Trinajstić information content (AvgIpc) is 3.42. The Balaban J connectivity index is 1.43. The molecule has 1 atom stereocenters. The smallest absolute Gasteiger partial charge is 0.254 e. The second kappa shape index (κ2) is 7.31. The summed E-state index contributed by atoms with van der Waals surface area (Å²) in [6.45, 7) is 4.95. The highest BCUT2D eigenvalue weighted by Gasteiger charge is 2.31. The fraction of sp³-hybridized carbons (Fsp3) is 0.333. The number of nitrogens with one attached hydrogen (secondary N) is 1. The number of rotatable bonds is 5. The van der Waals surface area contributed by atoms with Gasteiger partial charge in [-0.2, -0.15) is 0 Å². The summed E-state index contributed by atoms with van der Waals surface area (Å²) in [5.74, 6) is 1.54. The van der Waals surface area contributed by atoms with E-state index in [1.54, 1.807) is 0 Å². The molecule has 6 heteroatoms. The van der Waals surface area contributed by atoms with Crippen molar-refractivity contribution in [2.75, 3.05) is 6.54 Å². The minimum Gasteiger partial charge on any atom is -0.489 e. The zero-order chi connectivity index (χ0) is 18.8. The Bertz CT molecular complexity index is 893. The molecule has 0 saturated carbocycles. The third-order valence-electron chi connectivity index (χ3n) is 5.16. The first-order valence-corrected chi connectivity index (χ1v) is 9.22. The number of carbonyl (C=O) groups is 1. The van der Waals surface area contributed by atoms with Crippen LogP contribution in [0.4, 0.5) is 0 Å². The molecule has 1 aromatic carbocycles. The van der Waals surface area contributed by atoms with Crippen molar-refractivity contribution >= 4 is 5.91 Å². The van der Waals surface area contributed by atoms with Gasteiger partial charge in [0, 0.05) is 24.0 Å². The summed E-state index contributed by atoms with van der Waals surface area (Å²) in [6, 6.07) is 11.5. The summed E-state index contributed by atoms with van der Waals surface area (Å²) in [6.07, 6.45) is 3.92. The van der Waals surface area contributed by atoms with Crippen LogP contribution in [0.3, 0.4) is 0 Å². The van der Waals surface area contributed by atoms with Crippen LogP contribution in [0.25, 0.3) is 0 Å². The van der Waals surface area contributed by atoms with Crippen molar-refractivity contribution in [3.05, 3.63) is 70.9 Å². The number of hydrogen-bond acceptors (Lipinski definition) is 4. The zero-order valence-corrected chi connectivity index (χ0v) is 15.6. The first-order chi connectivity index (χ1) is 13.1. The Kier molecular flexibility index (Phi) is 4.71. The van der Waals surface area contributed by atoms with E-state index in [0.717, 1.165) is 42.1 Å². The highest BCUT2D eigenvalue weighted by molar-refractivity contribution is 5.94. The first-order valence-electron chi connectivity index (χ1n) is 9.22. The normalized spacial score (nSPS) is 16.7. The van der Waals surface area contributed by atoms with Gasteiger partial charge in [-0.25, -0.2) is 0 Å². The van der Waals surface area contributed by atoms with Gasteiger partial charge in [0.2, 0.25) is 0 Å². The Hall–Kier alpha value is -3.02. The molecule has 1 saturated heterocycles. The van der Waals surface area contributed by atoms with Crippen molar-refractivity contribution in [1.29, 1.82) is 0 Å². The molecular formula is C21H23N3O3. The van der Waals surface area contributed by atoms with Crippen LogP contribution in [-0.4, -0.2) is 27.5 Å². The molecule has 1 N–H and O–H groups in total. The molecular weight excluding hydrogens is 342 g/mol. The van der Waals surface area contributed by atoms with E-state index >= 15 is 0 Å². The Morgan fingerprint density at radius 3 is 2.78 bits per heavy atom. The summed E-state index contributed by atoms with van der Waals surface area (Å²) in [4.78, 5) is 18.1. The van der Waals surface area contributed by atoms with Gasteiger partial charge < -0.3 is 19.1 Å². The zero-order valence-electron chi connectivity index (χ0n) is 15.6. The van der Waals surface area contributed by atoms with E-state index in [4.69, 9.17) is 9.26 Å². The van der Waals surface area contributed by atoms with E-state index in [-0.39, 0.29) is 11.9 Å². The molecule has 140 valence electrons. The van der Waals surface area contributed by atoms with Crippen molar-refractivity contribution in [2.24, 2.45) is 0 Å². The molecule has 2 aromatic heterocycles. The maximum atomic E-state index is 12.9. The predicted octanol–water partition coefficient (Wildman–Crippen LogP) is 4.18. The van der Waals surface area contributed by atoms with Crippen LogP contribution in [0.1, 0.15) is 52.0 Å². The van der Waals surface area contributed by atoms with Crippen molar-refractivity contribution in [2.45, 2.75) is 39.3 Å². The molecule has 1 fully saturated rings. The Labute approximate surface area is 158 Å². The molecule has 3 aromatic rings. The van der Waals surface area contributed by atoms with Crippen LogP contribution in [0, 0.1) is 13.8 Å². The molecule has 0 radical (unpaired) electrons. The van der Waals surface area contributed by atoms with E-state index in [0.29, 0.717) is 17.9 Å². The molecule has 0 spiro atoms. The second-order valence-electron chi connectivity index (χ2n) is 6.90. The van der Waals surface area contributed by atoms with Gasteiger partial charge in [0.05, 0.1) is 17.3 Å². The molecule has 3 heterocycles. The van der Waals surface area contributed by atoms with Crippen molar-refractivity contribution in [3.8, 4) is 5.75 Å². The summed E-state index contributed by atoms with van der Waals surface area (Å²) >= 11 is 0. The molecule has 4 rings (SSSR count). The number of ether oxygens (including phenoxy) is 1. The second-order valence-corrected chi connectivity index (χ2v) is 6.90. The molecule has 0 aliphatic carbocycles. The maximum absolute atomic E-state index is 12.9. The Morgan fingerprint density at radius 2 is 2.11 bits per heavy atom. The molecule has 1 amide bonds. The van der Waals surface area contributed by atoms with Crippen molar-refractivity contribution in [1.82, 2.24) is 15.0 Å². The topological polar surface area (TPSA) is 71.4 Å². The lowest BCUT2D eigenvalue weighted by Gasteiger charge is -2.24. The monoisotopic (exact) mass is 365 g/mol. The number of aromatic amines is 1. The fourth-order valence-corrected chi connectivity index (χ4v) is 3.61.